The smallest absolute Gasteiger partial charge is 0.0752 e. The van der Waals surface area contributed by atoms with Crippen molar-refractivity contribution in [2.24, 2.45) is 5.16 Å². The highest BCUT2D eigenvalue weighted by Gasteiger charge is 1.96. The quantitative estimate of drug-likeness (QED) is 0.394. The van der Waals surface area contributed by atoms with Crippen molar-refractivity contribution in [3.63, 3.8) is 0 Å². The molecule has 3 nitrogen and oxygen atoms in total. The molecule has 0 aliphatic carbocycles. The highest BCUT2D eigenvalue weighted by molar-refractivity contribution is 5.80. The van der Waals surface area contributed by atoms with Gasteiger partial charge in [0.1, 0.15) is 0 Å². The molecule has 0 saturated heterocycles. The maximum atomic E-state index is 8.28. The van der Waals surface area contributed by atoms with Gasteiger partial charge in [-0.3, -0.25) is 4.98 Å². The molecular weight excluding hydrogens is 140 g/mol. The van der Waals surface area contributed by atoms with Gasteiger partial charge in [-0.2, -0.15) is 0 Å². The van der Waals surface area contributed by atoms with Crippen LogP contribution in [0, 0.1) is 0 Å². The zero-order chi connectivity index (χ0) is 8.10. The fourth-order valence-corrected chi connectivity index (χ4v) is 0.926. The van der Waals surface area contributed by atoms with Crippen molar-refractivity contribution in [2.45, 2.75) is 13.3 Å². The first kappa shape index (κ1) is 7.72. The molecule has 0 unspecified atom stereocenters. The Bertz CT molecular complexity index is 258. The minimum atomic E-state index is 0.849. The largest absolute Gasteiger partial charge is 0.411 e. The molecular formula is C8H10N2O. The minimum absolute atomic E-state index is 0.849. The Morgan fingerprint density at radius 1 is 1.73 bits per heavy atom. The van der Waals surface area contributed by atoms with Gasteiger partial charge in [-0.15, -0.1) is 0 Å². The van der Waals surface area contributed by atoms with Crippen molar-refractivity contribution in [3.05, 3.63) is 29.6 Å². The van der Waals surface area contributed by atoms with E-state index in [1.807, 2.05) is 19.1 Å². The van der Waals surface area contributed by atoms with Crippen LogP contribution < -0.4 is 0 Å². The maximum Gasteiger partial charge on any atom is 0.0752 e. The van der Waals surface area contributed by atoms with Gasteiger partial charge in [0.05, 0.1) is 6.21 Å². The summed E-state index contributed by atoms with van der Waals surface area (Å²) in [5.41, 5.74) is 1.82. The third-order valence-electron chi connectivity index (χ3n) is 1.46. The van der Waals surface area contributed by atoms with Crippen molar-refractivity contribution >= 4 is 6.21 Å². The van der Waals surface area contributed by atoms with E-state index in [4.69, 9.17) is 5.21 Å². The van der Waals surface area contributed by atoms with Gasteiger partial charge in [-0.1, -0.05) is 12.1 Å². The lowest BCUT2D eigenvalue weighted by molar-refractivity contribution is 0.322. The SMILES string of the molecule is CCc1ncccc1C=NO. The van der Waals surface area contributed by atoms with Crippen LogP contribution in [0.2, 0.25) is 0 Å². The molecule has 1 aromatic heterocycles. The monoisotopic (exact) mass is 150 g/mol. The van der Waals surface area contributed by atoms with Crippen LogP contribution in [-0.2, 0) is 6.42 Å². The van der Waals surface area contributed by atoms with Crippen molar-refractivity contribution in [3.8, 4) is 0 Å². The second kappa shape index (κ2) is 3.71. The van der Waals surface area contributed by atoms with Crippen LogP contribution in [0.15, 0.2) is 23.5 Å². The van der Waals surface area contributed by atoms with E-state index in [1.54, 1.807) is 6.20 Å². The van der Waals surface area contributed by atoms with E-state index in [0.29, 0.717) is 0 Å². The Morgan fingerprint density at radius 2 is 2.55 bits per heavy atom. The molecule has 0 amide bonds. The lowest BCUT2D eigenvalue weighted by Crippen LogP contribution is -1.93. The Balaban J connectivity index is 3.02. The number of aryl methyl sites for hydroxylation is 1. The predicted molar refractivity (Wildman–Crippen MR) is 43.0 cm³/mol. The van der Waals surface area contributed by atoms with E-state index in [0.717, 1.165) is 17.7 Å². The topological polar surface area (TPSA) is 45.5 Å². The average Bonchev–Trinajstić information content (AvgIpc) is 2.06. The predicted octanol–water partition coefficient (Wildman–Crippen LogP) is 1.45. The Hall–Kier alpha value is -1.38. The molecule has 0 aromatic carbocycles. The molecule has 1 heterocycles. The van der Waals surface area contributed by atoms with E-state index < -0.39 is 0 Å². The maximum absolute atomic E-state index is 8.28. The van der Waals surface area contributed by atoms with Gasteiger partial charge in [0.25, 0.3) is 0 Å². The van der Waals surface area contributed by atoms with Crippen molar-refractivity contribution < 1.29 is 5.21 Å². The lowest BCUT2D eigenvalue weighted by Gasteiger charge is -1.97. The number of aromatic nitrogens is 1. The standard InChI is InChI=1S/C8H10N2O/c1-2-8-7(6-10-11)4-3-5-9-8/h3-6,11H,2H2,1H3. The summed E-state index contributed by atoms with van der Waals surface area (Å²) < 4.78 is 0. The molecule has 3 heteroatoms. The second-order valence-electron chi connectivity index (χ2n) is 2.14. The van der Waals surface area contributed by atoms with Gasteiger partial charge >= 0.3 is 0 Å². The average molecular weight is 150 g/mol. The van der Waals surface area contributed by atoms with Crippen LogP contribution in [-0.4, -0.2) is 16.4 Å². The summed E-state index contributed by atoms with van der Waals surface area (Å²) in [6.45, 7) is 2.01. The number of nitrogens with zero attached hydrogens (tertiary/aromatic N) is 2. The summed E-state index contributed by atoms with van der Waals surface area (Å²) in [5.74, 6) is 0. The Kier molecular flexibility index (Phi) is 2.60. The molecule has 58 valence electrons. The van der Waals surface area contributed by atoms with Gasteiger partial charge in [0, 0.05) is 17.5 Å². The van der Waals surface area contributed by atoms with E-state index in [2.05, 4.69) is 10.1 Å². The third kappa shape index (κ3) is 1.77. The molecule has 0 aliphatic heterocycles. The summed E-state index contributed by atoms with van der Waals surface area (Å²) in [7, 11) is 0. The molecule has 1 rings (SSSR count). The molecule has 11 heavy (non-hydrogen) atoms. The molecule has 0 saturated carbocycles. The van der Waals surface area contributed by atoms with Crippen LogP contribution in [0.3, 0.4) is 0 Å². The first-order valence-electron chi connectivity index (χ1n) is 3.49. The molecule has 0 bridgehead atoms. The number of hydrogen-bond donors (Lipinski definition) is 1. The van der Waals surface area contributed by atoms with Gasteiger partial charge < -0.3 is 5.21 Å². The van der Waals surface area contributed by atoms with Gasteiger partial charge in [-0.05, 0) is 18.6 Å². The van der Waals surface area contributed by atoms with Gasteiger partial charge in [0.15, 0.2) is 0 Å². The first-order chi connectivity index (χ1) is 5.38. The fraction of sp³-hybridized carbons (Fsp3) is 0.250. The Labute approximate surface area is 65.4 Å². The summed E-state index contributed by atoms with van der Waals surface area (Å²) in [6, 6.07) is 3.68. The van der Waals surface area contributed by atoms with Crippen LogP contribution >= 0.6 is 0 Å². The fourth-order valence-electron chi connectivity index (χ4n) is 0.926. The highest BCUT2D eigenvalue weighted by Crippen LogP contribution is 2.02. The van der Waals surface area contributed by atoms with Crippen LogP contribution in [0.1, 0.15) is 18.2 Å². The molecule has 1 aromatic rings. The molecule has 0 fully saturated rings. The summed E-state index contributed by atoms with van der Waals surface area (Å²) >= 11 is 0. The number of pyridine rings is 1. The second-order valence-corrected chi connectivity index (χ2v) is 2.14. The summed E-state index contributed by atoms with van der Waals surface area (Å²) in [6.07, 6.45) is 3.97. The van der Waals surface area contributed by atoms with Crippen molar-refractivity contribution in [1.29, 1.82) is 0 Å². The first-order valence-corrected chi connectivity index (χ1v) is 3.49. The third-order valence-corrected chi connectivity index (χ3v) is 1.46. The van der Waals surface area contributed by atoms with E-state index in [9.17, 15) is 0 Å². The minimum Gasteiger partial charge on any atom is -0.411 e. The van der Waals surface area contributed by atoms with E-state index in [-0.39, 0.29) is 0 Å². The zero-order valence-corrected chi connectivity index (χ0v) is 6.36. The molecule has 1 N–H and O–H groups in total. The lowest BCUT2D eigenvalue weighted by atomic mass is 10.2. The number of hydrogen-bond acceptors (Lipinski definition) is 3. The van der Waals surface area contributed by atoms with Gasteiger partial charge in [-0.25, -0.2) is 0 Å². The van der Waals surface area contributed by atoms with Crippen LogP contribution in [0.5, 0.6) is 0 Å². The molecule has 0 atom stereocenters. The molecule has 0 radical (unpaired) electrons. The Morgan fingerprint density at radius 3 is 3.18 bits per heavy atom. The van der Waals surface area contributed by atoms with Gasteiger partial charge in [0.2, 0.25) is 0 Å². The van der Waals surface area contributed by atoms with Crippen LogP contribution in [0.25, 0.3) is 0 Å². The van der Waals surface area contributed by atoms with E-state index in [1.165, 1.54) is 6.21 Å². The normalized spacial score (nSPS) is 10.6. The van der Waals surface area contributed by atoms with Crippen molar-refractivity contribution in [2.75, 3.05) is 0 Å². The van der Waals surface area contributed by atoms with E-state index >= 15 is 0 Å². The molecule has 0 spiro atoms. The summed E-state index contributed by atoms with van der Waals surface area (Å²) in [5, 5.41) is 11.2. The number of rotatable bonds is 2. The zero-order valence-electron chi connectivity index (χ0n) is 6.36. The number of oxime groups is 1. The highest BCUT2D eigenvalue weighted by atomic mass is 16.4. The van der Waals surface area contributed by atoms with Crippen molar-refractivity contribution in [1.82, 2.24) is 4.98 Å². The molecule has 0 aliphatic rings. The van der Waals surface area contributed by atoms with Crippen LogP contribution in [0.4, 0.5) is 0 Å². The summed E-state index contributed by atoms with van der Waals surface area (Å²) in [4.78, 5) is 4.11.